The molecule has 0 spiro atoms. The van der Waals surface area contributed by atoms with Crippen LogP contribution >= 0.6 is 11.3 Å². The second kappa shape index (κ2) is 13.9. The molecular weight excluding hydrogens is 352 g/mol. The first-order valence-electron chi connectivity index (χ1n) is 11.1. The lowest BCUT2D eigenvalue weighted by Crippen LogP contribution is -2.02. The summed E-state index contributed by atoms with van der Waals surface area (Å²) in [5.74, 6) is 0.704. The van der Waals surface area contributed by atoms with Crippen molar-refractivity contribution in [1.82, 2.24) is 9.97 Å². The minimum atomic E-state index is 0.704. The Bertz CT molecular complexity index is 626. The van der Waals surface area contributed by atoms with E-state index in [4.69, 9.17) is 4.74 Å². The van der Waals surface area contributed by atoms with Crippen LogP contribution < -0.4 is 4.74 Å². The molecule has 0 aliphatic rings. The Labute approximate surface area is 170 Å². The van der Waals surface area contributed by atoms with Gasteiger partial charge in [0, 0.05) is 10.8 Å². The van der Waals surface area contributed by atoms with E-state index in [-0.39, 0.29) is 0 Å². The van der Waals surface area contributed by atoms with Crippen molar-refractivity contribution >= 4 is 22.4 Å². The maximum absolute atomic E-state index is 5.85. The highest BCUT2D eigenvalue weighted by molar-refractivity contribution is 7.09. The number of ether oxygens (including phenoxy) is 1. The van der Waals surface area contributed by atoms with Crippen LogP contribution in [0.3, 0.4) is 0 Å². The molecule has 0 fully saturated rings. The Hall–Kier alpha value is -1.16. The quantitative estimate of drug-likeness (QED) is 0.274. The molecule has 0 saturated carbocycles. The van der Waals surface area contributed by atoms with Gasteiger partial charge in [0.05, 0.1) is 12.1 Å². The van der Waals surface area contributed by atoms with Gasteiger partial charge in [-0.3, -0.25) is 0 Å². The summed E-state index contributed by atoms with van der Waals surface area (Å²) in [5.41, 5.74) is 2.81. The van der Waals surface area contributed by atoms with Crippen LogP contribution in [0.5, 0.6) is 5.88 Å². The lowest BCUT2D eigenvalue weighted by atomic mass is 10.0. The predicted octanol–water partition coefficient (Wildman–Crippen LogP) is 7.86. The highest BCUT2D eigenvalue weighted by atomic mass is 32.1. The van der Waals surface area contributed by atoms with Crippen LogP contribution in [0.4, 0.5) is 0 Å². The highest BCUT2D eigenvalue weighted by Crippen LogP contribution is 2.21. The molecule has 0 amide bonds. The SMILES string of the molecule is CCCCCCCCCCCCCCCCOc1nc2cscc2nc1C. The molecule has 0 N–H and O–H groups in total. The van der Waals surface area contributed by atoms with Crippen molar-refractivity contribution in [3.8, 4) is 5.88 Å². The topological polar surface area (TPSA) is 35.0 Å². The van der Waals surface area contributed by atoms with Crippen LogP contribution in [0.15, 0.2) is 10.8 Å². The number of aryl methyl sites for hydroxylation is 1. The number of nitrogens with zero attached hydrogens (tertiary/aromatic N) is 2. The number of rotatable bonds is 16. The molecule has 0 aliphatic carbocycles. The van der Waals surface area contributed by atoms with E-state index in [1.54, 1.807) is 11.3 Å². The zero-order valence-corrected chi connectivity index (χ0v) is 18.3. The zero-order valence-electron chi connectivity index (χ0n) is 17.5. The third-order valence-corrected chi connectivity index (χ3v) is 5.90. The maximum atomic E-state index is 5.85. The van der Waals surface area contributed by atoms with E-state index in [0.29, 0.717) is 5.88 Å². The van der Waals surface area contributed by atoms with Crippen LogP contribution in [0, 0.1) is 6.92 Å². The van der Waals surface area contributed by atoms with E-state index in [0.717, 1.165) is 29.8 Å². The van der Waals surface area contributed by atoms with Gasteiger partial charge in [0.25, 0.3) is 0 Å². The molecule has 3 nitrogen and oxygen atoms in total. The fourth-order valence-corrected chi connectivity index (χ4v) is 4.14. The monoisotopic (exact) mass is 390 g/mol. The van der Waals surface area contributed by atoms with Crippen molar-refractivity contribution in [1.29, 1.82) is 0 Å². The highest BCUT2D eigenvalue weighted by Gasteiger charge is 2.06. The summed E-state index contributed by atoms with van der Waals surface area (Å²) in [6.07, 6.45) is 19.3. The third kappa shape index (κ3) is 9.05. The normalized spacial score (nSPS) is 11.3. The molecule has 0 aromatic carbocycles. The Balaban J connectivity index is 1.39. The lowest BCUT2D eigenvalue weighted by molar-refractivity contribution is 0.291. The van der Waals surface area contributed by atoms with Gasteiger partial charge < -0.3 is 4.74 Å². The molecule has 2 aromatic heterocycles. The van der Waals surface area contributed by atoms with Gasteiger partial charge in [0.2, 0.25) is 5.88 Å². The van der Waals surface area contributed by atoms with Crippen molar-refractivity contribution in [2.24, 2.45) is 0 Å². The molecule has 0 atom stereocenters. The van der Waals surface area contributed by atoms with E-state index in [1.807, 2.05) is 17.7 Å². The van der Waals surface area contributed by atoms with Crippen molar-refractivity contribution in [3.63, 3.8) is 0 Å². The van der Waals surface area contributed by atoms with E-state index >= 15 is 0 Å². The fourth-order valence-electron chi connectivity index (χ4n) is 3.47. The number of aromatic nitrogens is 2. The second-order valence-corrected chi connectivity index (χ2v) is 8.44. The Morgan fingerprint density at radius 1 is 0.704 bits per heavy atom. The predicted molar refractivity (Wildman–Crippen MR) is 118 cm³/mol. The summed E-state index contributed by atoms with van der Waals surface area (Å²) in [7, 11) is 0. The molecule has 152 valence electrons. The summed E-state index contributed by atoms with van der Waals surface area (Å²) < 4.78 is 5.85. The summed E-state index contributed by atoms with van der Waals surface area (Å²) in [5, 5.41) is 4.06. The van der Waals surface area contributed by atoms with Gasteiger partial charge >= 0.3 is 0 Å². The van der Waals surface area contributed by atoms with Crippen molar-refractivity contribution in [3.05, 3.63) is 16.5 Å². The lowest BCUT2D eigenvalue weighted by Gasteiger charge is -2.07. The molecular formula is C23H38N2OS. The molecule has 2 heterocycles. The van der Waals surface area contributed by atoms with Crippen molar-refractivity contribution < 1.29 is 4.74 Å². The van der Waals surface area contributed by atoms with Gasteiger partial charge in [-0.15, -0.1) is 11.3 Å². The Morgan fingerprint density at radius 3 is 1.74 bits per heavy atom. The van der Waals surface area contributed by atoms with Gasteiger partial charge in [-0.05, 0) is 13.3 Å². The standard InChI is InChI=1S/C23H38N2OS/c1-3-4-5-6-7-8-9-10-11-12-13-14-15-16-17-26-23-20(2)24-21-18-27-19-22(21)25-23/h18-19H,3-17H2,1-2H3. The van der Waals surface area contributed by atoms with Crippen LogP contribution in [-0.2, 0) is 0 Å². The second-order valence-electron chi connectivity index (χ2n) is 7.70. The fraction of sp³-hybridized carbons (Fsp3) is 0.739. The van der Waals surface area contributed by atoms with Crippen molar-refractivity contribution in [2.75, 3.05) is 6.61 Å². The van der Waals surface area contributed by atoms with Gasteiger partial charge in [-0.1, -0.05) is 90.4 Å². The number of unbranched alkanes of at least 4 members (excludes halogenated alkanes) is 13. The molecule has 0 radical (unpaired) electrons. The minimum Gasteiger partial charge on any atom is -0.476 e. The Morgan fingerprint density at radius 2 is 1.19 bits per heavy atom. The molecule has 27 heavy (non-hydrogen) atoms. The van der Waals surface area contributed by atoms with Gasteiger partial charge in [0.15, 0.2) is 0 Å². The first kappa shape index (κ1) is 22.1. The first-order chi connectivity index (χ1) is 13.3. The van der Waals surface area contributed by atoms with Crippen LogP contribution in [0.2, 0.25) is 0 Å². The molecule has 2 rings (SSSR count). The summed E-state index contributed by atoms with van der Waals surface area (Å²) in [4.78, 5) is 9.11. The molecule has 2 aromatic rings. The average Bonchev–Trinajstić information content (AvgIpc) is 3.12. The van der Waals surface area contributed by atoms with Crippen LogP contribution in [0.1, 0.15) is 103 Å². The van der Waals surface area contributed by atoms with E-state index in [9.17, 15) is 0 Å². The number of hydrogen-bond acceptors (Lipinski definition) is 4. The molecule has 4 heteroatoms. The summed E-state index contributed by atoms with van der Waals surface area (Å²) >= 11 is 1.64. The van der Waals surface area contributed by atoms with Crippen LogP contribution in [-0.4, -0.2) is 16.6 Å². The van der Waals surface area contributed by atoms with Gasteiger partial charge in [-0.2, -0.15) is 0 Å². The largest absolute Gasteiger partial charge is 0.476 e. The number of fused-ring (bicyclic) bond motifs is 1. The number of thiophene rings is 1. The molecule has 0 bridgehead atoms. The molecule has 0 saturated heterocycles. The minimum absolute atomic E-state index is 0.704. The van der Waals surface area contributed by atoms with Gasteiger partial charge in [-0.25, -0.2) is 9.97 Å². The summed E-state index contributed by atoms with van der Waals surface area (Å²) in [6.45, 7) is 5.02. The van der Waals surface area contributed by atoms with E-state index in [1.165, 1.54) is 83.5 Å². The Kier molecular flexibility index (Phi) is 11.4. The van der Waals surface area contributed by atoms with E-state index < -0.39 is 0 Å². The maximum Gasteiger partial charge on any atom is 0.235 e. The first-order valence-corrected chi connectivity index (χ1v) is 12.1. The van der Waals surface area contributed by atoms with E-state index in [2.05, 4.69) is 16.9 Å². The third-order valence-electron chi connectivity index (χ3n) is 5.18. The average molecular weight is 391 g/mol. The number of hydrogen-bond donors (Lipinski definition) is 0. The van der Waals surface area contributed by atoms with Crippen LogP contribution in [0.25, 0.3) is 11.0 Å². The van der Waals surface area contributed by atoms with Crippen molar-refractivity contribution in [2.45, 2.75) is 104 Å². The molecule has 0 unspecified atom stereocenters. The molecule has 0 aliphatic heterocycles. The van der Waals surface area contributed by atoms with Gasteiger partial charge in [0.1, 0.15) is 11.2 Å². The summed E-state index contributed by atoms with van der Waals surface area (Å²) in [6, 6.07) is 0. The zero-order chi connectivity index (χ0) is 19.2. The smallest absolute Gasteiger partial charge is 0.235 e.